The van der Waals surface area contributed by atoms with E-state index in [1.807, 2.05) is 30.3 Å². The van der Waals surface area contributed by atoms with Crippen molar-refractivity contribution in [3.8, 4) is 5.75 Å². The van der Waals surface area contributed by atoms with Crippen LogP contribution >= 0.6 is 11.3 Å². The van der Waals surface area contributed by atoms with Crippen molar-refractivity contribution >= 4 is 17.3 Å². The van der Waals surface area contributed by atoms with Crippen LogP contribution in [0.2, 0.25) is 0 Å². The van der Waals surface area contributed by atoms with Gasteiger partial charge in [0.15, 0.2) is 4.88 Å². The van der Waals surface area contributed by atoms with Crippen LogP contribution in [0.15, 0.2) is 36.4 Å². The summed E-state index contributed by atoms with van der Waals surface area (Å²) in [7, 11) is 0. The Bertz CT molecular complexity index is 502. The van der Waals surface area contributed by atoms with Gasteiger partial charge in [0.25, 0.3) is 0 Å². The van der Waals surface area contributed by atoms with Crippen LogP contribution in [-0.4, -0.2) is 16.2 Å². The molecule has 0 bridgehead atoms. The molecule has 82 valence electrons. The zero-order valence-electron chi connectivity index (χ0n) is 8.38. The molecular formula is C12H10O3S. The van der Waals surface area contributed by atoms with Crippen molar-refractivity contribution in [3.05, 3.63) is 51.7 Å². The lowest BCUT2D eigenvalue weighted by atomic mass is 10.1. The van der Waals surface area contributed by atoms with Crippen molar-refractivity contribution in [2.24, 2.45) is 0 Å². The number of carbonyl (C=O) groups is 1. The first-order valence-electron chi connectivity index (χ1n) is 4.75. The lowest BCUT2D eigenvalue weighted by Gasteiger charge is -1.96. The van der Waals surface area contributed by atoms with Crippen molar-refractivity contribution in [1.82, 2.24) is 0 Å². The number of carboxylic acids is 1. The number of benzene rings is 1. The maximum atomic E-state index is 10.7. The maximum absolute atomic E-state index is 10.7. The van der Waals surface area contributed by atoms with Gasteiger partial charge in [-0.2, -0.15) is 0 Å². The molecule has 0 saturated carbocycles. The molecule has 1 aromatic heterocycles. The Morgan fingerprint density at radius 2 is 1.94 bits per heavy atom. The van der Waals surface area contributed by atoms with E-state index in [0.29, 0.717) is 6.42 Å². The summed E-state index contributed by atoms with van der Waals surface area (Å²) in [5.74, 6) is -1.23. The van der Waals surface area contributed by atoms with E-state index >= 15 is 0 Å². The molecule has 4 heteroatoms. The first-order chi connectivity index (χ1) is 7.66. The quantitative estimate of drug-likeness (QED) is 0.858. The second-order valence-corrected chi connectivity index (χ2v) is 4.53. The van der Waals surface area contributed by atoms with Gasteiger partial charge < -0.3 is 10.2 Å². The molecule has 2 N–H and O–H groups in total. The normalized spacial score (nSPS) is 10.2. The van der Waals surface area contributed by atoms with E-state index < -0.39 is 5.97 Å². The lowest BCUT2D eigenvalue weighted by molar-refractivity contribution is 0.0699. The number of aromatic carboxylic acids is 1. The van der Waals surface area contributed by atoms with Crippen LogP contribution < -0.4 is 0 Å². The highest BCUT2D eigenvalue weighted by Gasteiger charge is 2.14. The predicted molar refractivity (Wildman–Crippen MR) is 62.2 cm³/mol. The lowest BCUT2D eigenvalue weighted by Crippen LogP contribution is -1.90. The molecule has 0 amide bonds. The van der Waals surface area contributed by atoms with Gasteiger partial charge in [0.1, 0.15) is 5.75 Å². The van der Waals surface area contributed by atoms with Crippen LogP contribution in [0.1, 0.15) is 20.1 Å². The second-order valence-electron chi connectivity index (χ2n) is 3.39. The molecule has 0 unspecified atom stereocenters. The Balaban J connectivity index is 2.23. The van der Waals surface area contributed by atoms with E-state index in [-0.39, 0.29) is 10.6 Å². The number of carboxylic acid groups (broad SMARTS) is 1. The molecule has 1 heterocycles. The Kier molecular flexibility index (Phi) is 2.92. The van der Waals surface area contributed by atoms with Crippen molar-refractivity contribution in [1.29, 1.82) is 0 Å². The van der Waals surface area contributed by atoms with Crippen LogP contribution in [0.3, 0.4) is 0 Å². The van der Waals surface area contributed by atoms with Gasteiger partial charge in [-0.15, -0.1) is 11.3 Å². The van der Waals surface area contributed by atoms with E-state index in [2.05, 4.69) is 0 Å². The molecule has 0 radical (unpaired) electrons. The number of aromatic hydroxyl groups is 1. The zero-order chi connectivity index (χ0) is 11.5. The van der Waals surface area contributed by atoms with Crippen LogP contribution in [-0.2, 0) is 6.42 Å². The zero-order valence-corrected chi connectivity index (χ0v) is 9.20. The molecule has 0 spiro atoms. The highest BCUT2D eigenvalue weighted by atomic mass is 32.1. The van der Waals surface area contributed by atoms with Crippen LogP contribution in [0.5, 0.6) is 5.75 Å². The highest BCUT2D eigenvalue weighted by molar-refractivity contribution is 7.14. The first kappa shape index (κ1) is 10.7. The van der Waals surface area contributed by atoms with Gasteiger partial charge in [0.05, 0.1) is 0 Å². The maximum Gasteiger partial charge on any atom is 0.349 e. The fourth-order valence-corrected chi connectivity index (χ4v) is 2.39. The van der Waals surface area contributed by atoms with E-state index in [9.17, 15) is 9.90 Å². The van der Waals surface area contributed by atoms with Gasteiger partial charge in [-0.1, -0.05) is 30.3 Å². The van der Waals surface area contributed by atoms with Crippen molar-refractivity contribution in [3.63, 3.8) is 0 Å². The molecule has 3 nitrogen and oxygen atoms in total. The molecule has 0 aliphatic carbocycles. The predicted octanol–water partition coefficient (Wildman–Crippen LogP) is 2.74. The average molecular weight is 234 g/mol. The molecule has 0 fully saturated rings. The van der Waals surface area contributed by atoms with Gasteiger partial charge in [0.2, 0.25) is 0 Å². The molecule has 0 saturated heterocycles. The molecule has 1 aromatic carbocycles. The SMILES string of the molecule is O=C(O)c1sc(Cc2ccccc2)cc1O. The summed E-state index contributed by atoms with van der Waals surface area (Å²) in [5, 5.41) is 18.2. The Hall–Kier alpha value is -1.81. The monoisotopic (exact) mass is 234 g/mol. The van der Waals surface area contributed by atoms with Crippen LogP contribution in [0.25, 0.3) is 0 Å². The topological polar surface area (TPSA) is 57.5 Å². The number of hydrogen-bond acceptors (Lipinski definition) is 3. The number of rotatable bonds is 3. The van der Waals surface area contributed by atoms with Crippen LogP contribution in [0, 0.1) is 0 Å². The van der Waals surface area contributed by atoms with Gasteiger partial charge in [-0.25, -0.2) is 4.79 Å². The average Bonchev–Trinajstić information content (AvgIpc) is 2.61. The molecule has 0 aliphatic rings. The summed E-state index contributed by atoms with van der Waals surface area (Å²) in [4.78, 5) is 11.6. The van der Waals surface area contributed by atoms with E-state index in [0.717, 1.165) is 21.8 Å². The van der Waals surface area contributed by atoms with Crippen molar-refractivity contribution in [2.45, 2.75) is 6.42 Å². The first-order valence-corrected chi connectivity index (χ1v) is 5.57. The van der Waals surface area contributed by atoms with Gasteiger partial charge in [-0.3, -0.25) is 0 Å². The third-order valence-corrected chi connectivity index (χ3v) is 3.29. The molecule has 0 atom stereocenters. The summed E-state index contributed by atoms with van der Waals surface area (Å²) in [6.07, 6.45) is 0.645. The van der Waals surface area contributed by atoms with Crippen LogP contribution in [0.4, 0.5) is 0 Å². The minimum Gasteiger partial charge on any atom is -0.506 e. The summed E-state index contributed by atoms with van der Waals surface area (Å²) in [5.41, 5.74) is 1.10. The molecule has 2 rings (SSSR count). The Labute approximate surface area is 96.6 Å². The number of hydrogen-bond donors (Lipinski definition) is 2. The standard InChI is InChI=1S/C12H10O3S/c13-10-7-9(16-11(10)12(14)15)6-8-4-2-1-3-5-8/h1-5,7,13H,6H2,(H,14,15). The summed E-state index contributed by atoms with van der Waals surface area (Å²) < 4.78 is 0. The molecule has 0 aliphatic heterocycles. The fraction of sp³-hybridized carbons (Fsp3) is 0.0833. The smallest absolute Gasteiger partial charge is 0.349 e. The number of thiophene rings is 1. The third kappa shape index (κ3) is 2.23. The molecular weight excluding hydrogens is 224 g/mol. The highest BCUT2D eigenvalue weighted by Crippen LogP contribution is 2.29. The molecule has 2 aromatic rings. The van der Waals surface area contributed by atoms with Gasteiger partial charge >= 0.3 is 5.97 Å². The molecule has 16 heavy (non-hydrogen) atoms. The van der Waals surface area contributed by atoms with Gasteiger partial charge in [0, 0.05) is 11.3 Å². The summed E-state index contributed by atoms with van der Waals surface area (Å²) in [6, 6.07) is 11.2. The largest absolute Gasteiger partial charge is 0.506 e. The minimum absolute atomic E-state index is 0.00549. The summed E-state index contributed by atoms with van der Waals surface area (Å²) >= 11 is 1.11. The Morgan fingerprint density at radius 3 is 2.50 bits per heavy atom. The van der Waals surface area contributed by atoms with E-state index in [4.69, 9.17) is 5.11 Å². The third-order valence-electron chi connectivity index (χ3n) is 2.18. The second kappa shape index (κ2) is 4.37. The minimum atomic E-state index is -1.08. The fourth-order valence-electron chi connectivity index (χ4n) is 1.47. The van der Waals surface area contributed by atoms with E-state index in [1.54, 1.807) is 0 Å². The van der Waals surface area contributed by atoms with Crippen molar-refractivity contribution < 1.29 is 15.0 Å². The van der Waals surface area contributed by atoms with Gasteiger partial charge in [-0.05, 0) is 11.6 Å². The van der Waals surface area contributed by atoms with E-state index in [1.165, 1.54) is 6.07 Å². The summed E-state index contributed by atoms with van der Waals surface area (Å²) in [6.45, 7) is 0. The Morgan fingerprint density at radius 1 is 1.25 bits per heavy atom. The van der Waals surface area contributed by atoms with Crippen molar-refractivity contribution in [2.75, 3.05) is 0 Å².